The molecule has 76 valence electrons. The molecule has 0 aromatic heterocycles. The molecular weight excluding hydrogens is 181 g/mol. The number of nitrogens with two attached hydrogens (primary N) is 1. The van der Waals surface area contributed by atoms with Gasteiger partial charge in [0.1, 0.15) is 5.82 Å². The average molecular weight is 195 g/mol. The van der Waals surface area contributed by atoms with Crippen LogP contribution in [-0.4, -0.2) is 12.5 Å². The van der Waals surface area contributed by atoms with Crippen LogP contribution in [-0.2, 0) is 0 Å². The zero-order valence-electron chi connectivity index (χ0n) is 8.13. The maximum atomic E-state index is 12.7. The van der Waals surface area contributed by atoms with Gasteiger partial charge in [0.15, 0.2) is 5.96 Å². The molecule has 0 aliphatic rings. The van der Waals surface area contributed by atoms with Gasteiger partial charge >= 0.3 is 0 Å². The van der Waals surface area contributed by atoms with E-state index in [0.29, 0.717) is 18.2 Å². The number of halogens is 1. The molecule has 14 heavy (non-hydrogen) atoms. The molecule has 0 radical (unpaired) electrons. The zero-order chi connectivity index (χ0) is 10.4. The first kappa shape index (κ1) is 10.5. The zero-order valence-corrected chi connectivity index (χ0v) is 8.13. The van der Waals surface area contributed by atoms with Crippen molar-refractivity contribution >= 4 is 11.6 Å². The lowest BCUT2D eigenvalue weighted by Crippen LogP contribution is -2.22. The number of rotatable bonds is 3. The summed E-state index contributed by atoms with van der Waals surface area (Å²) < 4.78 is 12.7. The van der Waals surface area contributed by atoms with Gasteiger partial charge in [-0.25, -0.2) is 4.39 Å². The number of aliphatic imine (C=N–C) groups is 1. The topological polar surface area (TPSA) is 50.4 Å². The maximum Gasteiger partial charge on any atom is 0.193 e. The van der Waals surface area contributed by atoms with Crippen molar-refractivity contribution in [3.63, 3.8) is 0 Å². The van der Waals surface area contributed by atoms with Gasteiger partial charge in [0.2, 0.25) is 0 Å². The van der Waals surface area contributed by atoms with Crippen LogP contribution in [0.3, 0.4) is 0 Å². The Hall–Kier alpha value is -1.58. The van der Waals surface area contributed by atoms with Crippen molar-refractivity contribution in [1.82, 2.24) is 0 Å². The number of nitrogens with one attached hydrogen (secondary N) is 1. The van der Waals surface area contributed by atoms with Gasteiger partial charge in [-0.3, -0.25) is 4.99 Å². The molecule has 1 aromatic rings. The standard InChI is InChI=1S/C10H14FN3/c1-2-6-13-10(12)14-9-5-3-4-8(11)7-9/h3-5,7H,2,6H2,1H3,(H3,12,13,14). The molecule has 3 N–H and O–H groups in total. The summed E-state index contributed by atoms with van der Waals surface area (Å²) in [5.41, 5.74) is 6.17. The van der Waals surface area contributed by atoms with E-state index in [1.807, 2.05) is 6.92 Å². The van der Waals surface area contributed by atoms with Crippen LogP contribution in [0.1, 0.15) is 13.3 Å². The summed E-state index contributed by atoms with van der Waals surface area (Å²) in [6.07, 6.45) is 0.936. The number of hydrogen-bond acceptors (Lipinski definition) is 1. The average Bonchev–Trinajstić information content (AvgIpc) is 2.15. The van der Waals surface area contributed by atoms with Crippen LogP contribution in [0, 0.1) is 5.82 Å². The molecule has 0 aliphatic carbocycles. The summed E-state index contributed by atoms with van der Waals surface area (Å²) in [5.74, 6) is 0.0238. The van der Waals surface area contributed by atoms with Crippen molar-refractivity contribution in [3.05, 3.63) is 30.1 Å². The van der Waals surface area contributed by atoms with Crippen LogP contribution < -0.4 is 11.1 Å². The summed E-state index contributed by atoms with van der Waals surface area (Å²) in [6, 6.07) is 6.10. The third-order valence-corrected chi connectivity index (χ3v) is 1.60. The molecule has 0 amide bonds. The van der Waals surface area contributed by atoms with Crippen LogP contribution in [0.25, 0.3) is 0 Å². The molecule has 0 bridgehead atoms. The molecule has 0 heterocycles. The molecule has 3 nitrogen and oxygen atoms in total. The molecular formula is C10H14FN3. The fourth-order valence-corrected chi connectivity index (χ4v) is 0.986. The van der Waals surface area contributed by atoms with Gasteiger partial charge in [-0.15, -0.1) is 0 Å². The third-order valence-electron chi connectivity index (χ3n) is 1.60. The lowest BCUT2D eigenvalue weighted by molar-refractivity contribution is 0.628. The summed E-state index contributed by atoms with van der Waals surface area (Å²) in [7, 11) is 0. The van der Waals surface area contributed by atoms with E-state index in [0.717, 1.165) is 6.42 Å². The second kappa shape index (κ2) is 5.21. The molecule has 0 fully saturated rings. The lowest BCUT2D eigenvalue weighted by atomic mass is 10.3. The van der Waals surface area contributed by atoms with Gasteiger partial charge in [-0.1, -0.05) is 13.0 Å². The maximum absolute atomic E-state index is 12.7. The minimum absolute atomic E-state index is 0.293. The van der Waals surface area contributed by atoms with E-state index in [9.17, 15) is 4.39 Å². The second-order valence-corrected chi connectivity index (χ2v) is 2.90. The van der Waals surface area contributed by atoms with Gasteiger partial charge < -0.3 is 11.1 Å². The monoisotopic (exact) mass is 195 g/mol. The molecule has 0 unspecified atom stereocenters. The van der Waals surface area contributed by atoms with Crippen LogP contribution in [0.4, 0.5) is 10.1 Å². The van der Waals surface area contributed by atoms with E-state index in [1.165, 1.54) is 12.1 Å². The van der Waals surface area contributed by atoms with E-state index in [1.54, 1.807) is 12.1 Å². The van der Waals surface area contributed by atoms with E-state index in [2.05, 4.69) is 10.3 Å². The molecule has 0 spiro atoms. The molecule has 0 saturated heterocycles. The fraction of sp³-hybridized carbons (Fsp3) is 0.300. The highest BCUT2D eigenvalue weighted by Gasteiger charge is 1.95. The predicted octanol–water partition coefficient (Wildman–Crippen LogP) is 1.96. The van der Waals surface area contributed by atoms with Crippen LogP contribution in [0.2, 0.25) is 0 Å². The van der Waals surface area contributed by atoms with Crippen molar-refractivity contribution < 1.29 is 4.39 Å². The Morgan fingerprint density at radius 1 is 1.57 bits per heavy atom. The van der Waals surface area contributed by atoms with Gasteiger partial charge in [0.25, 0.3) is 0 Å². The first-order chi connectivity index (χ1) is 6.72. The van der Waals surface area contributed by atoms with Crippen molar-refractivity contribution in [2.75, 3.05) is 11.9 Å². The Balaban J connectivity index is 2.60. The number of anilines is 1. The molecule has 1 aromatic carbocycles. The Labute approximate surface area is 82.8 Å². The summed E-state index contributed by atoms with van der Waals surface area (Å²) in [6.45, 7) is 2.69. The second-order valence-electron chi connectivity index (χ2n) is 2.90. The molecule has 0 atom stereocenters. The Bertz CT molecular complexity index is 323. The van der Waals surface area contributed by atoms with Gasteiger partial charge in [-0.05, 0) is 24.6 Å². The SMILES string of the molecule is CCCN=C(N)Nc1cccc(F)c1. The third kappa shape index (κ3) is 3.43. The smallest absolute Gasteiger partial charge is 0.193 e. The molecule has 4 heteroatoms. The number of hydrogen-bond donors (Lipinski definition) is 2. The highest BCUT2D eigenvalue weighted by Crippen LogP contribution is 2.08. The summed E-state index contributed by atoms with van der Waals surface area (Å²) in [5, 5.41) is 2.81. The van der Waals surface area contributed by atoms with Crippen molar-refractivity contribution in [1.29, 1.82) is 0 Å². The highest BCUT2D eigenvalue weighted by molar-refractivity contribution is 5.92. The minimum Gasteiger partial charge on any atom is -0.370 e. The van der Waals surface area contributed by atoms with Crippen LogP contribution in [0.5, 0.6) is 0 Å². The van der Waals surface area contributed by atoms with Crippen molar-refractivity contribution in [2.45, 2.75) is 13.3 Å². The molecule has 1 rings (SSSR count). The van der Waals surface area contributed by atoms with Crippen molar-refractivity contribution in [3.8, 4) is 0 Å². The quantitative estimate of drug-likeness (QED) is 0.572. The van der Waals surface area contributed by atoms with Crippen molar-refractivity contribution in [2.24, 2.45) is 10.7 Å². The van der Waals surface area contributed by atoms with Gasteiger partial charge in [0.05, 0.1) is 0 Å². The fourth-order valence-electron chi connectivity index (χ4n) is 0.986. The Morgan fingerprint density at radius 3 is 3.00 bits per heavy atom. The first-order valence-corrected chi connectivity index (χ1v) is 4.55. The Morgan fingerprint density at radius 2 is 2.36 bits per heavy atom. The largest absolute Gasteiger partial charge is 0.370 e. The highest BCUT2D eigenvalue weighted by atomic mass is 19.1. The minimum atomic E-state index is -0.293. The van der Waals surface area contributed by atoms with E-state index < -0.39 is 0 Å². The summed E-state index contributed by atoms with van der Waals surface area (Å²) >= 11 is 0. The number of benzene rings is 1. The Kier molecular flexibility index (Phi) is 3.91. The number of nitrogens with zero attached hydrogens (tertiary/aromatic N) is 1. The van der Waals surface area contributed by atoms with Gasteiger partial charge in [0, 0.05) is 12.2 Å². The molecule has 0 saturated carbocycles. The lowest BCUT2D eigenvalue weighted by Gasteiger charge is -2.04. The molecule has 0 aliphatic heterocycles. The van der Waals surface area contributed by atoms with Gasteiger partial charge in [-0.2, -0.15) is 0 Å². The van der Waals surface area contributed by atoms with E-state index in [4.69, 9.17) is 5.73 Å². The van der Waals surface area contributed by atoms with E-state index >= 15 is 0 Å². The number of guanidine groups is 1. The summed E-state index contributed by atoms with van der Waals surface area (Å²) in [4.78, 5) is 4.03. The van der Waals surface area contributed by atoms with Crippen LogP contribution >= 0.6 is 0 Å². The van der Waals surface area contributed by atoms with Crippen LogP contribution in [0.15, 0.2) is 29.3 Å². The first-order valence-electron chi connectivity index (χ1n) is 4.55. The van der Waals surface area contributed by atoms with E-state index in [-0.39, 0.29) is 5.82 Å². The predicted molar refractivity (Wildman–Crippen MR) is 56.8 cm³/mol. The normalized spacial score (nSPS) is 11.4.